The van der Waals surface area contributed by atoms with Crippen LogP contribution in [0, 0.1) is 0 Å². The molecule has 2 aromatic carbocycles. The van der Waals surface area contributed by atoms with Crippen LogP contribution in [0.4, 0.5) is 24.5 Å². The van der Waals surface area contributed by atoms with E-state index in [4.69, 9.17) is 9.47 Å². The number of anilines is 2. The third-order valence-corrected chi connectivity index (χ3v) is 5.43. The van der Waals surface area contributed by atoms with Crippen molar-refractivity contribution in [2.45, 2.75) is 12.6 Å². The maximum absolute atomic E-state index is 13.4. The van der Waals surface area contributed by atoms with E-state index in [1.54, 1.807) is 19.2 Å². The largest absolute Gasteiger partial charge is 0.496 e. The fraction of sp³-hybridized carbons (Fsp3) is 0.409. The molecule has 1 amide bonds. The summed E-state index contributed by atoms with van der Waals surface area (Å²) < 4.78 is 51.2. The lowest BCUT2D eigenvalue weighted by atomic mass is 10.1. The molecule has 32 heavy (non-hydrogen) atoms. The van der Waals surface area contributed by atoms with Crippen molar-refractivity contribution >= 4 is 33.2 Å². The molecule has 0 saturated carbocycles. The van der Waals surface area contributed by atoms with E-state index in [9.17, 15) is 18.0 Å². The van der Waals surface area contributed by atoms with E-state index in [-0.39, 0.29) is 22.7 Å². The van der Waals surface area contributed by atoms with E-state index in [0.717, 1.165) is 25.1 Å². The summed E-state index contributed by atoms with van der Waals surface area (Å²) in [6, 6.07) is 6.54. The van der Waals surface area contributed by atoms with Crippen LogP contribution in [0.3, 0.4) is 0 Å². The summed E-state index contributed by atoms with van der Waals surface area (Å²) in [4.78, 5) is 17.0. The lowest BCUT2D eigenvalue weighted by Gasteiger charge is -2.25. The summed E-state index contributed by atoms with van der Waals surface area (Å²) in [5.74, 6) is -0.201. The number of methoxy groups -OCH3 is 2. The highest BCUT2D eigenvalue weighted by Gasteiger charge is 2.32. The highest BCUT2D eigenvalue weighted by atomic mass is 79.9. The Bertz CT molecular complexity index is 952. The smallest absolute Gasteiger partial charge is 0.416 e. The van der Waals surface area contributed by atoms with Crippen LogP contribution in [0.5, 0.6) is 11.5 Å². The molecule has 0 aromatic heterocycles. The first-order chi connectivity index (χ1) is 15.0. The first kappa shape index (κ1) is 25.8. The Labute approximate surface area is 194 Å². The molecule has 0 fully saturated rings. The second-order valence-electron chi connectivity index (χ2n) is 7.42. The fourth-order valence-electron chi connectivity index (χ4n) is 3.20. The first-order valence-electron chi connectivity index (χ1n) is 9.78. The predicted molar refractivity (Wildman–Crippen MR) is 123 cm³/mol. The predicted octanol–water partition coefficient (Wildman–Crippen LogP) is 5.13. The Morgan fingerprint density at radius 3 is 2.31 bits per heavy atom. The van der Waals surface area contributed by atoms with Crippen molar-refractivity contribution in [3.8, 4) is 11.5 Å². The quantitative estimate of drug-likeness (QED) is 0.499. The fourth-order valence-corrected chi connectivity index (χ4v) is 3.69. The molecule has 0 spiro atoms. The molecule has 176 valence electrons. The molecule has 0 radical (unpaired) electrons. The Balaban J connectivity index is 2.46. The summed E-state index contributed by atoms with van der Waals surface area (Å²) in [5, 5.41) is 2.62. The highest BCUT2D eigenvalue weighted by molar-refractivity contribution is 9.10. The minimum absolute atomic E-state index is 0.0428. The van der Waals surface area contributed by atoms with Crippen molar-refractivity contribution in [2.75, 3.05) is 58.7 Å². The molecule has 0 aliphatic heterocycles. The number of hydrogen-bond acceptors (Lipinski definition) is 5. The highest BCUT2D eigenvalue weighted by Crippen LogP contribution is 2.38. The van der Waals surface area contributed by atoms with Gasteiger partial charge in [0.25, 0.3) is 5.91 Å². The SMILES string of the molecule is COc1ccc(Br)c(OC)c1C(=O)Nc1cc(C(F)(F)F)ccc1N(C)CCCN(C)C. The summed E-state index contributed by atoms with van der Waals surface area (Å²) >= 11 is 3.32. The Morgan fingerprint density at radius 2 is 1.75 bits per heavy atom. The average Bonchev–Trinajstić information content (AvgIpc) is 2.72. The molecule has 1 N–H and O–H groups in total. The van der Waals surface area contributed by atoms with E-state index in [1.165, 1.54) is 20.3 Å². The van der Waals surface area contributed by atoms with E-state index >= 15 is 0 Å². The standard InChI is InChI=1S/C22H27BrF3N3O3/c1-28(2)11-6-12-29(3)17-9-7-14(22(24,25)26)13-16(17)27-21(30)19-18(31-4)10-8-15(23)20(19)32-5/h7-10,13H,6,11-12H2,1-5H3,(H,27,30). The van der Waals surface area contributed by atoms with Gasteiger partial charge in [0.2, 0.25) is 0 Å². The molecule has 0 atom stereocenters. The number of carbonyl (C=O) groups is 1. The first-order valence-corrected chi connectivity index (χ1v) is 10.6. The molecule has 0 saturated heterocycles. The maximum Gasteiger partial charge on any atom is 0.416 e. The molecule has 0 bridgehead atoms. The van der Waals surface area contributed by atoms with Gasteiger partial charge in [-0.1, -0.05) is 0 Å². The van der Waals surface area contributed by atoms with E-state index in [2.05, 4.69) is 21.2 Å². The molecular weight excluding hydrogens is 491 g/mol. The van der Waals surface area contributed by atoms with Gasteiger partial charge < -0.3 is 24.6 Å². The Hall–Kier alpha value is -2.46. The lowest BCUT2D eigenvalue weighted by Crippen LogP contribution is -2.25. The van der Waals surface area contributed by atoms with Gasteiger partial charge >= 0.3 is 6.18 Å². The molecular formula is C22H27BrF3N3O3. The Kier molecular flexibility index (Phi) is 8.80. The second-order valence-corrected chi connectivity index (χ2v) is 8.27. The Morgan fingerprint density at radius 1 is 1.06 bits per heavy atom. The van der Waals surface area contributed by atoms with Crippen LogP contribution in [-0.4, -0.2) is 59.3 Å². The van der Waals surface area contributed by atoms with Gasteiger partial charge in [0.15, 0.2) is 0 Å². The van der Waals surface area contributed by atoms with Crippen molar-refractivity contribution in [3.63, 3.8) is 0 Å². The van der Waals surface area contributed by atoms with Crippen LogP contribution >= 0.6 is 15.9 Å². The minimum atomic E-state index is -4.55. The van der Waals surface area contributed by atoms with Crippen LogP contribution in [0.2, 0.25) is 0 Å². The third-order valence-electron chi connectivity index (χ3n) is 4.80. The van der Waals surface area contributed by atoms with Crippen LogP contribution < -0.4 is 19.7 Å². The van der Waals surface area contributed by atoms with E-state index in [1.807, 2.05) is 23.9 Å². The molecule has 10 heteroatoms. The second kappa shape index (κ2) is 10.9. The molecule has 2 rings (SSSR count). The van der Waals surface area contributed by atoms with Gasteiger partial charge in [-0.2, -0.15) is 13.2 Å². The number of hydrogen-bond donors (Lipinski definition) is 1. The number of benzene rings is 2. The van der Waals surface area contributed by atoms with Gasteiger partial charge in [-0.3, -0.25) is 4.79 Å². The van der Waals surface area contributed by atoms with Crippen molar-refractivity contribution in [3.05, 3.63) is 45.9 Å². The number of ether oxygens (including phenoxy) is 2. The third kappa shape index (κ3) is 6.29. The summed E-state index contributed by atoms with van der Waals surface area (Å²) in [7, 11) is 8.46. The zero-order valence-electron chi connectivity index (χ0n) is 18.6. The normalized spacial score (nSPS) is 11.4. The monoisotopic (exact) mass is 517 g/mol. The van der Waals surface area contributed by atoms with Crippen LogP contribution in [-0.2, 0) is 6.18 Å². The van der Waals surface area contributed by atoms with Gasteiger partial charge in [-0.05, 0) is 73.3 Å². The summed E-state index contributed by atoms with van der Waals surface area (Å²) in [5.41, 5.74) is -0.270. The topological polar surface area (TPSA) is 54.0 Å². The maximum atomic E-state index is 13.4. The number of amides is 1. The van der Waals surface area contributed by atoms with Gasteiger partial charge in [-0.25, -0.2) is 0 Å². The van der Waals surface area contributed by atoms with Gasteiger partial charge in [-0.15, -0.1) is 0 Å². The lowest BCUT2D eigenvalue weighted by molar-refractivity contribution is -0.137. The molecule has 6 nitrogen and oxygen atoms in total. The van der Waals surface area contributed by atoms with Crippen LogP contribution in [0.15, 0.2) is 34.8 Å². The van der Waals surface area contributed by atoms with Gasteiger partial charge in [0, 0.05) is 13.6 Å². The van der Waals surface area contributed by atoms with Crippen molar-refractivity contribution in [1.29, 1.82) is 0 Å². The zero-order chi connectivity index (χ0) is 24.1. The molecule has 2 aromatic rings. The number of nitrogens with zero attached hydrogens (tertiary/aromatic N) is 2. The zero-order valence-corrected chi connectivity index (χ0v) is 20.2. The number of rotatable bonds is 9. The summed E-state index contributed by atoms with van der Waals surface area (Å²) in [6.07, 6.45) is -3.75. The minimum Gasteiger partial charge on any atom is -0.496 e. The van der Waals surface area contributed by atoms with Gasteiger partial charge in [0.05, 0.1) is 35.6 Å². The summed E-state index contributed by atoms with van der Waals surface area (Å²) in [6.45, 7) is 1.41. The number of alkyl halides is 3. The average molecular weight is 518 g/mol. The number of nitrogens with one attached hydrogen (secondary N) is 1. The van der Waals surface area contributed by atoms with Crippen LogP contribution in [0.25, 0.3) is 0 Å². The molecule has 0 aliphatic rings. The number of halogens is 4. The van der Waals surface area contributed by atoms with Crippen molar-refractivity contribution in [1.82, 2.24) is 4.90 Å². The van der Waals surface area contributed by atoms with Crippen molar-refractivity contribution < 1.29 is 27.4 Å². The van der Waals surface area contributed by atoms with E-state index < -0.39 is 17.6 Å². The molecule has 0 aliphatic carbocycles. The van der Waals surface area contributed by atoms with E-state index in [0.29, 0.717) is 16.7 Å². The molecule has 0 unspecified atom stereocenters. The van der Waals surface area contributed by atoms with Crippen molar-refractivity contribution in [2.24, 2.45) is 0 Å². The van der Waals surface area contributed by atoms with Crippen LogP contribution in [0.1, 0.15) is 22.3 Å². The number of carbonyl (C=O) groups excluding carboxylic acids is 1. The molecule has 0 heterocycles. The van der Waals surface area contributed by atoms with Gasteiger partial charge in [0.1, 0.15) is 17.1 Å².